The maximum absolute atomic E-state index is 2.41. The van der Waals surface area contributed by atoms with E-state index in [2.05, 4.69) is 32.1 Å². The Kier molecular flexibility index (Phi) is 2.08. The van der Waals surface area contributed by atoms with Gasteiger partial charge in [-0.3, -0.25) is 0 Å². The number of fused-ring (bicyclic) bond motifs is 1. The van der Waals surface area contributed by atoms with Crippen LogP contribution in [0.25, 0.3) is 0 Å². The van der Waals surface area contributed by atoms with Crippen LogP contribution in [0.2, 0.25) is 0 Å². The molecule has 0 amide bonds. The Morgan fingerprint density at radius 3 is 2.83 bits per heavy atom. The normalized spacial score (nSPS) is 40.5. The number of hydrogen-bond acceptors (Lipinski definition) is 0. The number of allylic oxidation sites excluding steroid dienone is 4. The molecule has 2 aliphatic carbocycles. The fraction of sp³-hybridized carbons (Fsp3) is 0.667. The lowest BCUT2D eigenvalue weighted by Crippen LogP contribution is -2.25. The summed E-state index contributed by atoms with van der Waals surface area (Å²) < 4.78 is 0. The van der Waals surface area contributed by atoms with Crippen molar-refractivity contribution in [2.45, 2.75) is 33.1 Å². The summed E-state index contributed by atoms with van der Waals surface area (Å²) in [5, 5.41) is 0. The van der Waals surface area contributed by atoms with E-state index in [4.69, 9.17) is 0 Å². The second-order valence-corrected chi connectivity index (χ2v) is 4.39. The molecule has 3 atom stereocenters. The number of rotatable bonds is 0. The minimum atomic E-state index is 0.844. The van der Waals surface area contributed by atoms with Gasteiger partial charge in [0.1, 0.15) is 0 Å². The summed E-state index contributed by atoms with van der Waals surface area (Å²) in [5.74, 6) is 2.63. The van der Waals surface area contributed by atoms with Gasteiger partial charge >= 0.3 is 0 Å². The highest BCUT2D eigenvalue weighted by Crippen LogP contribution is 2.41. The highest BCUT2D eigenvalue weighted by Gasteiger charge is 2.29. The molecule has 0 aromatic heterocycles. The summed E-state index contributed by atoms with van der Waals surface area (Å²) in [6.07, 6.45) is 11.0. The first kappa shape index (κ1) is 8.10. The maximum atomic E-state index is 2.41. The van der Waals surface area contributed by atoms with Crippen LogP contribution in [0.5, 0.6) is 0 Å². The summed E-state index contributed by atoms with van der Waals surface area (Å²) in [5.41, 5.74) is 1.72. The van der Waals surface area contributed by atoms with Crippen LogP contribution in [0.4, 0.5) is 0 Å². The van der Waals surface area contributed by atoms with Crippen LogP contribution in [-0.4, -0.2) is 0 Å². The van der Waals surface area contributed by atoms with E-state index >= 15 is 0 Å². The second-order valence-electron chi connectivity index (χ2n) is 4.39. The average Bonchev–Trinajstić information content (AvgIpc) is 2.12. The van der Waals surface area contributed by atoms with E-state index in [1.54, 1.807) is 5.57 Å². The van der Waals surface area contributed by atoms with Gasteiger partial charge in [0.05, 0.1) is 0 Å². The van der Waals surface area contributed by atoms with Crippen LogP contribution in [0, 0.1) is 17.8 Å². The monoisotopic (exact) mass is 162 g/mol. The average molecular weight is 162 g/mol. The van der Waals surface area contributed by atoms with Crippen LogP contribution in [0.3, 0.4) is 0 Å². The van der Waals surface area contributed by atoms with Crippen molar-refractivity contribution in [2.75, 3.05) is 0 Å². The van der Waals surface area contributed by atoms with Crippen molar-refractivity contribution in [3.05, 3.63) is 23.8 Å². The zero-order valence-corrected chi connectivity index (χ0v) is 8.09. The Balaban J connectivity index is 2.23. The summed E-state index contributed by atoms with van der Waals surface area (Å²) in [4.78, 5) is 0. The minimum absolute atomic E-state index is 0.844. The summed E-state index contributed by atoms with van der Waals surface area (Å²) in [6.45, 7) is 4.79. The lowest BCUT2D eigenvalue weighted by molar-refractivity contribution is 0.284. The van der Waals surface area contributed by atoms with E-state index in [0.717, 1.165) is 17.8 Å². The molecule has 0 heteroatoms. The van der Waals surface area contributed by atoms with Crippen molar-refractivity contribution >= 4 is 0 Å². The third kappa shape index (κ3) is 1.24. The van der Waals surface area contributed by atoms with Crippen molar-refractivity contribution in [3.63, 3.8) is 0 Å². The molecule has 0 N–H and O–H groups in total. The van der Waals surface area contributed by atoms with Crippen LogP contribution >= 0.6 is 0 Å². The molecule has 1 fully saturated rings. The molecule has 2 rings (SSSR count). The summed E-state index contributed by atoms with van der Waals surface area (Å²) >= 11 is 0. The lowest BCUT2D eigenvalue weighted by Gasteiger charge is -2.36. The van der Waals surface area contributed by atoms with Crippen molar-refractivity contribution in [2.24, 2.45) is 17.8 Å². The van der Waals surface area contributed by atoms with E-state index in [1.165, 1.54) is 19.3 Å². The first-order valence-electron chi connectivity index (χ1n) is 5.15. The molecule has 1 saturated carbocycles. The van der Waals surface area contributed by atoms with Crippen LogP contribution in [0.1, 0.15) is 33.1 Å². The highest BCUT2D eigenvalue weighted by molar-refractivity contribution is 5.24. The molecule has 0 aromatic rings. The van der Waals surface area contributed by atoms with Gasteiger partial charge < -0.3 is 0 Å². The molecular formula is C12H18. The van der Waals surface area contributed by atoms with E-state index in [1.807, 2.05) is 0 Å². The van der Waals surface area contributed by atoms with Crippen LogP contribution < -0.4 is 0 Å². The van der Waals surface area contributed by atoms with Gasteiger partial charge in [0.2, 0.25) is 0 Å². The molecule has 12 heavy (non-hydrogen) atoms. The van der Waals surface area contributed by atoms with Gasteiger partial charge in [0, 0.05) is 0 Å². The fourth-order valence-corrected chi connectivity index (χ4v) is 2.64. The van der Waals surface area contributed by atoms with Crippen molar-refractivity contribution in [3.8, 4) is 0 Å². The Morgan fingerprint density at radius 2 is 2.08 bits per heavy atom. The molecule has 66 valence electrons. The second kappa shape index (κ2) is 3.08. The predicted octanol–water partition coefficient (Wildman–Crippen LogP) is 3.55. The van der Waals surface area contributed by atoms with Gasteiger partial charge in [-0.25, -0.2) is 0 Å². The standard InChI is InChI=1S/C12H18/c1-9-7-8-10(2)12-6-4-3-5-11(9)12/h3-5,9-10,12H,6-8H2,1-2H3/t9-,10?,12?/m1/s1. The smallest absolute Gasteiger partial charge is 0.0137 e. The summed E-state index contributed by atoms with van der Waals surface area (Å²) in [6, 6.07) is 0. The van der Waals surface area contributed by atoms with Crippen molar-refractivity contribution in [1.29, 1.82) is 0 Å². The molecule has 0 spiro atoms. The fourth-order valence-electron chi connectivity index (χ4n) is 2.64. The predicted molar refractivity (Wildman–Crippen MR) is 52.9 cm³/mol. The van der Waals surface area contributed by atoms with Gasteiger partial charge in [-0.1, -0.05) is 37.6 Å². The molecule has 2 unspecified atom stereocenters. The first-order valence-corrected chi connectivity index (χ1v) is 5.15. The third-order valence-corrected chi connectivity index (χ3v) is 3.55. The van der Waals surface area contributed by atoms with Gasteiger partial charge in [-0.15, -0.1) is 0 Å². The zero-order valence-electron chi connectivity index (χ0n) is 8.09. The lowest BCUT2D eigenvalue weighted by atomic mass is 9.69. The number of hydrogen-bond donors (Lipinski definition) is 0. The van der Waals surface area contributed by atoms with Crippen molar-refractivity contribution < 1.29 is 0 Å². The maximum Gasteiger partial charge on any atom is -0.0137 e. The van der Waals surface area contributed by atoms with Gasteiger partial charge in [-0.2, -0.15) is 0 Å². The van der Waals surface area contributed by atoms with E-state index in [0.29, 0.717) is 0 Å². The summed E-state index contributed by atoms with van der Waals surface area (Å²) in [7, 11) is 0. The van der Waals surface area contributed by atoms with Gasteiger partial charge in [0.25, 0.3) is 0 Å². The Labute approximate surface area is 75.4 Å². The Morgan fingerprint density at radius 1 is 1.25 bits per heavy atom. The molecule has 0 aromatic carbocycles. The highest BCUT2D eigenvalue weighted by atomic mass is 14.3. The molecule has 0 nitrogen and oxygen atoms in total. The quantitative estimate of drug-likeness (QED) is 0.511. The van der Waals surface area contributed by atoms with Gasteiger partial charge in [0.15, 0.2) is 0 Å². The topological polar surface area (TPSA) is 0 Å². The van der Waals surface area contributed by atoms with Crippen molar-refractivity contribution in [1.82, 2.24) is 0 Å². The SMILES string of the molecule is CC1CC[C@@H](C)C2=CC=CCC21. The first-order chi connectivity index (χ1) is 5.79. The zero-order chi connectivity index (χ0) is 8.55. The Hall–Kier alpha value is -0.520. The largest absolute Gasteiger partial charge is 0.0839 e. The molecular weight excluding hydrogens is 144 g/mol. The Bertz CT molecular complexity index is 222. The van der Waals surface area contributed by atoms with E-state index < -0.39 is 0 Å². The molecule has 0 bridgehead atoms. The van der Waals surface area contributed by atoms with E-state index in [-0.39, 0.29) is 0 Å². The van der Waals surface area contributed by atoms with Gasteiger partial charge in [-0.05, 0) is 37.0 Å². The van der Waals surface area contributed by atoms with Crippen LogP contribution in [-0.2, 0) is 0 Å². The van der Waals surface area contributed by atoms with Crippen LogP contribution in [0.15, 0.2) is 23.8 Å². The molecule has 0 aliphatic heterocycles. The molecule has 0 radical (unpaired) electrons. The molecule has 2 aliphatic rings. The minimum Gasteiger partial charge on any atom is -0.0839 e. The molecule has 0 heterocycles. The van der Waals surface area contributed by atoms with E-state index in [9.17, 15) is 0 Å². The third-order valence-electron chi connectivity index (χ3n) is 3.55. The molecule has 0 saturated heterocycles.